The van der Waals surface area contributed by atoms with Crippen molar-refractivity contribution in [2.75, 3.05) is 0 Å². The highest BCUT2D eigenvalue weighted by atomic mass is 15.2. The third kappa shape index (κ3) is 2.69. The Bertz CT molecular complexity index is 1760. The van der Waals surface area contributed by atoms with Crippen LogP contribution >= 0.6 is 0 Å². The van der Waals surface area contributed by atoms with Crippen LogP contribution < -0.4 is 0 Å². The minimum Gasteiger partial charge on any atom is -0.292 e. The average molecular weight is 422 g/mol. The summed E-state index contributed by atoms with van der Waals surface area (Å²) in [5, 5.41) is 16.7. The largest absolute Gasteiger partial charge is 0.292 e. The number of hydrogen-bond donors (Lipinski definition) is 0. The third-order valence-electron chi connectivity index (χ3n) is 6.47. The van der Waals surface area contributed by atoms with Gasteiger partial charge in [0.15, 0.2) is 5.82 Å². The Hall–Kier alpha value is -4.50. The van der Waals surface area contributed by atoms with E-state index in [1.165, 1.54) is 21.5 Å². The van der Waals surface area contributed by atoms with Gasteiger partial charge in [-0.2, -0.15) is 0 Å². The molecule has 0 radical (unpaired) electrons. The molecule has 0 aliphatic rings. The first-order chi connectivity index (χ1) is 16.4. The predicted molar refractivity (Wildman–Crippen MR) is 137 cm³/mol. The van der Waals surface area contributed by atoms with E-state index < -0.39 is 0 Å². The summed E-state index contributed by atoms with van der Waals surface area (Å²) in [4.78, 5) is 0. The SMILES string of the molecule is c1ccc(-c2nnc(-n3c4ccccc4c4ccccc43)c3cc4ccccc4cc23)cc1. The first kappa shape index (κ1) is 18.1. The van der Waals surface area contributed by atoms with Crippen LogP contribution in [-0.2, 0) is 0 Å². The van der Waals surface area contributed by atoms with Gasteiger partial charge in [0.2, 0.25) is 0 Å². The Morgan fingerprint density at radius 3 is 1.67 bits per heavy atom. The van der Waals surface area contributed by atoms with Gasteiger partial charge in [0.1, 0.15) is 5.69 Å². The molecule has 0 aliphatic carbocycles. The topological polar surface area (TPSA) is 30.7 Å². The maximum atomic E-state index is 4.85. The molecule has 0 aliphatic heterocycles. The summed E-state index contributed by atoms with van der Waals surface area (Å²) in [5.41, 5.74) is 4.24. The standard InChI is InChI=1S/C30H19N3/c1-2-10-20(11-3-1)29-25-18-21-12-4-5-13-22(21)19-26(25)30(32-31-29)33-27-16-8-6-14-23(27)24-15-7-9-17-28(24)33/h1-19H. The van der Waals surface area contributed by atoms with Gasteiger partial charge in [0, 0.05) is 27.1 Å². The summed E-state index contributed by atoms with van der Waals surface area (Å²) in [6.07, 6.45) is 0. The molecule has 0 bridgehead atoms. The zero-order valence-corrected chi connectivity index (χ0v) is 17.8. The van der Waals surface area contributed by atoms with Gasteiger partial charge in [-0.15, -0.1) is 10.2 Å². The molecule has 33 heavy (non-hydrogen) atoms. The van der Waals surface area contributed by atoms with Crippen LogP contribution in [0.2, 0.25) is 0 Å². The molecule has 7 aromatic rings. The van der Waals surface area contributed by atoms with Crippen molar-refractivity contribution in [3.8, 4) is 17.1 Å². The van der Waals surface area contributed by atoms with E-state index in [2.05, 4.69) is 102 Å². The molecule has 0 amide bonds. The van der Waals surface area contributed by atoms with Gasteiger partial charge < -0.3 is 0 Å². The minimum atomic E-state index is 0.854. The average Bonchev–Trinajstić information content (AvgIpc) is 3.22. The van der Waals surface area contributed by atoms with Crippen molar-refractivity contribution >= 4 is 43.4 Å². The molecule has 0 unspecified atom stereocenters. The van der Waals surface area contributed by atoms with E-state index in [9.17, 15) is 0 Å². The van der Waals surface area contributed by atoms with Crippen molar-refractivity contribution in [2.45, 2.75) is 0 Å². The van der Waals surface area contributed by atoms with Gasteiger partial charge in [-0.05, 0) is 35.0 Å². The third-order valence-corrected chi connectivity index (χ3v) is 6.47. The number of fused-ring (bicyclic) bond motifs is 5. The first-order valence-corrected chi connectivity index (χ1v) is 11.1. The van der Waals surface area contributed by atoms with E-state index in [1.54, 1.807) is 0 Å². The second kappa shape index (κ2) is 7.01. The van der Waals surface area contributed by atoms with Crippen molar-refractivity contribution in [3.63, 3.8) is 0 Å². The van der Waals surface area contributed by atoms with Crippen molar-refractivity contribution in [3.05, 3.63) is 115 Å². The predicted octanol–water partition coefficient (Wildman–Crippen LogP) is 7.55. The number of hydrogen-bond acceptors (Lipinski definition) is 2. The molecule has 3 heteroatoms. The fourth-order valence-corrected chi connectivity index (χ4v) is 4.95. The molecule has 7 rings (SSSR count). The lowest BCUT2D eigenvalue weighted by molar-refractivity contribution is 0.977. The number of benzene rings is 5. The Morgan fingerprint density at radius 1 is 0.455 bits per heavy atom. The molecular weight excluding hydrogens is 402 g/mol. The number of para-hydroxylation sites is 2. The fourth-order valence-electron chi connectivity index (χ4n) is 4.95. The van der Waals surface area contributed by atoms with Crippen LogP contribution in [0.25, 0.3) is 60.4 Å². The number of rotatable bonds is 2. The molecule has 0 fully saturated rings. The molecule has 3 nitrogen and oxygen atoms in total. The lowest BCUT2D eigenvalue weighted by atomic mass is 10.00. The van der Waals surface area contributed by atoms with Gasteiger partial charge in [-0.1, -0.05) is 91.0 Å². The molecule has 5 aromatic carbocycles. The molecular formula is C30H19N3. The van der Waals surface area contributed by atoms with Crippen LogP contribution in [0, 0.1) is 0 Å². The monoisotopic (exact) mass is 421 g/mol. The van der Waals surface area contributed by atoms with Crippen LogP contribution in [0.1, 0.15) is 0 Å². The summed E-state index contributed by atoms with van der Waals surface area (Å²) < 4.78 is 2.25. The molecule has 0 spiro atoms. The fraction of sp³-hybridized carbons (Fsp3) is 0. The Labute approximate surface area is 190 Å². The van der Waals surface area contributed by atoms with E-state index in [-0.39, 0.29) is 0 Å². The molecule has 0 N–H and O–H groups in total. The van der Waals surface area contributed by atoms with Crippen LogP contribution in [0.15, 0.2) is 115 Å². The zero-order valence-electron chi connectivity index (χ0n) is 17.8. The van der Waals surface area contributed by atoms with Gasteiger partial charge in [-0.25, -0.2) is 0 Å². The molecule has 2 heterocycles. The first-order valence-electron chi connectivity index (χ1n) is 11.1. The van der Waals surface area contributed by atoms with Crippen molar-refractivity contribution in [1.29, 1.82) is 0 Å². The van der Waals surface area contributed by atoms with E-state index in [1.807, 2.05) is 18.2 Å². The highest BCUT2D eigenvalue weighted by molar-refractivity contribution is 6.12. The number of aromatic nitrogens is 3. The maximum absolute atomic E-state index is 4.85. The Morgan fingerprint density at radius 2 is 1.00 bits per heavy atom. The summed E-state index contributed by atoms with van der Waals surface area (Å²) in [7, 11) is 0. The Balaban J connectivity index is 1.66. The lowest BCUT2D eigenvalue weighted by Crippen LogP contribution is -2.02. The second-order valence-electron chi connectivity index (χ2n) is 8.35. The van der Waals surface area contributed by atoms with Crippen LogP contribution in [0.3, 0.4) is 0 Å². The summed E-state index contributed by atoms with van der Waals surface area (Å²) in [6.45, 7) is 0. The lowest BCUT2D eigenvalue weighted by Gasteiger charge is -2.13. The Kier molecular flexibility index (Phi) is 3.84. The van der Waals surface area contributed by atoms with Crippen molar-refractivity contribution < 1.29 is 0 Å². The molecule has 154 valence electrons. The van der Waals surface area contributed by atoms with Gasteiger partial charge in [0.05, 0.1) is 11.0 Å². The van der Waals surface area contributed by atoms with E-state index in [0.717, 1.165) is 38.9 Å². The highest BCUT2D eigenvalue weighted by Gasteiger charge is 2.18. The highest BCUT2D eigenvalue weighted by Crippen LogP contribution is 2.37. The maximum Gasteiger partial charge on any atom is 0.168 e. The molecule has 0 saturated heterocycles. The van der Waals surface area contributed by atoms with Gasteiger partial charge in [-0.3, -0.25) is 4.57 Å². The summed E-state index contributed by atoms with van der Waals surface area (Å²) >= 11 is 0. The van der Waals surface area contributed by atoms with Crippen LogP contribution in [0.5, 0.6) is 0 Å². The van der Waals surface area contributed by atoms with E-state index in [4.69, 9.17) is 10.2 Å². The smallest absolute Gasteiger partial charge is 0.168 e. The van der Waals surface area contributed by atoms with Crippen molar-refractivity contribution in [2.24, 2.45) is 0 Å². The van der Waals surface area contributed by atoms with E-state index >= 15 is 0 Å². The normalized spacial score (nSPS) is 11.6. The molecule has 0 saturated carbocycles. The van der Waals surface area contributed by atoms with Crippen molar-refractivity contribution in [1.82, 2.24) is 14.8 Å². The zero-order chi connectivity index (χ0) is 21.8. The molecule has 0 atom stereocenters. The minimum absolute atomic E-state index is 0.854. The summed E-state index contributed by atoms with van der Waals surface area (Å²) in [5.74, 6) is 0.854. The second-order valence-corrected chi connectivity index (χ2v) is 8.35. The van der Waals surface area contributed by atoms with E-state index in [0.29, 0.717) is 0 Å². The molecule has 2 aromatic heterocycles. The number of nitrogens with zero attached hydrogens (tertiary/aromatic N) is 3. The van der Waals surface area contributed by atoms with Gasteiger partial charge in [0.25, 0.3) is 0 Å². The van der Waals surface area contributed by atoms with Crippen LogP contribution in [0.4, 0.5) is 0 Å². The quantitative estimate of drug-likeness (QED) is 0.270. The van der Waals surface area contributed by atoms with Crippen LogP contribution in [-0.4, -0.2) is 14.8 Å². The summed E-state index contributed by atoms with van der Waals surface area (Å²) in [6, 6.07) is 40.3. The van der Waals surface area contributed by atoms with Gasteiger partial charge >= 0.3 is 0 Å².